The van der Waals surface area contributed by atoms with Gasteiger partial charge in [-0.2, -0.15) is 0 Å². The van der Waals surface area contributed by atoms with Crippen molar-refractivity contribution in [2.24, 2.45) is 0 Å². The number of benzene rings is 3. The number of rotatable bonds is 7. The standard InChI is InChI=1S/C27H22ClF3N4O5/c28-17-2-1-3-21(12-17)32-27(40)35-9-8-34(26(39)16-10-19(30)13-20(31)11-16)25(35)24(38)33-22(14-23(36)37)15-4-6-18(29)7-5-15/h1-7,10-13,22,25H,8-9,14H2,(H,32,40)(H,33,38)(H,36,37). The first-order chi connectivity index (χ1) is 19.0. The van der Waals surface area contributed by atoms with Crippen LogP contribution in [0.3, 0.4) is 0 Å². The molecular weight excluding hydrogens is 553 g/mol. The second-order valence-corrected chi connectivity index (χ2v) is 9.31. The number of hydrogen-bond donors (Lipinski definition) is 3. The lowest BCUT2D eigenvalue weighted by Gasteiger charge is -2.31. The Morgan fingerprint density at radius 3 is 2.17 bits per heavy atom. The van der Waals surface area contributed by atoms with Crippen molar-refractivity contribution >= 4 is 41.1 Å². The molecule has 1 aliphatic heterocycles. The van der Waals surface area contributed by atoms with Gasteiger partial charge in [0.15, 0.2) is 6.17 Å². The van der Waals surface area contributed by atoms with Gasteiger partial charge in [-0.1, -0.05) is 29.8 Å². The zero-order chi connectivity index (χ0) is 29.0. The maximum absolute atomic E-state index is 13.9. The SMILES string of the molecule is O=C(O)CC(NC(=O)C1N(C(=O)Nc2cccc(Cl)c2)CCN1C(=O)c1cc(F)cc(F)c1)c1ccc(F)cc1. The molecule has 0 saturated carbocycles. The van der Waals surface area contributed by atoms with Crippen LogP contribution in [0.4, 0.5) is 23.7 Å². The van der Waals surface area contributed by atoms with Gasteiger partial charge >= 0.3 is 12.0 Å². The number of hydrogen-bond acceptors (Lipinski definition) is 4. The molecule has 4 amide bonds. The molecule has 3 N–H and O–H groups in total. The van der Waals surface area contributed by atoms with E-state index >= 15 is 0 Å². The summed E-state index contributed by atoms with van der Waals surface area (Å²) in [6.07, 6.45) is -2.23. The lowest BCUT2D eigenvalue weighted by Crippen LogP contribution is -2.55. The predicted octanol–water partition coefficient (Wildman–Crippen LogP) is 4.41. The van der Waals surface area contributed by atoms with Crippen LogP contribution in [0, 0.1) is 17.5 Å². The number of carbonyl (C=O) groups is 4. The smallest absolute Gasteiger partial charge is 0.323 e. The summed E-state index contributed by atoms with van der Waals surface area (Å²) in [6, 6.07) is 11.1. The molecule has 4 rings (SSSR count). The molecule has 1 fully saturated rings. The van der Waals surface area contributed by atoms with Gasteiger partial charge in [-0.05, 0) is 48.0 Å². The number of anilines is 1. The highest BCUT2D eigenvalue weighted by Gasteiger charge is 2.44. The molecular formula is C27H22ClF3N4O5. The van der Waals surface area contributed by atoms with Crippen LogP contribution in [-0.2, 0) is 9.59 Å². The minimum atomic E-state index is -1.63. The van der Waals surface area contributed by atoms with E-state index in [0.29, 0.717) is 16.8 Å². The van der Waals surface area contributed by atoms with Crippen molar-refractivity contribution in [2.45, 2.75) is 18.6 Å². The van der Waals surface area contributed by atoms with E-state index in [1.807, 2.05) is 0 Å². The summed E-state index contributed by atoms with van der Waals surface area (Å²) in [5, 5.41) is 14.8. The molecule has 1 heterocycles. The summed E-state index contributed by atoms with van der Waals surface area (Å²) >= 11 is 5.98. The van der Waals surface area contributed by atoms with Gasteiger partial charge in [0, 0.05) is 35.4 Å². The number of carboxylic acid groups (broad SMARTS) is 1. The summed E-state index contributed by atoms with van der Waals surface area (Å²) in [5.74, 6) is -5.77. The molecule has 2 atom stereocenters. The van der Waals surface area contributed by atoms with Gasteiger partial charge in [0.1, 0.15) is 17.5 Å². The van der Waals surface area contributed by atoms with Crippen molar-refractivity contribution < 1.29 is 37.5 Å². The number of carboxylic acids is 1. The Bertz CT molecular complexity index is 1440. The molecule has 13 heteroatoms. The van der Waals surface area contributed by atoms with E-state index in [9.17, 15) is 37.5 Å². The third-order valence-electron chi connectivity index (χ3n) is 6.08. The average Bonchev–Trinajstić information content (AvgIpc) is 3.33. The summed E-state index contributed by atoms with van der Waals surface area (Å²) in [4.78, 5) is 53.6. The van der Waals surface area contributed by atoms with Crippen molar-refractivity contribution in [3.8, 4) is 0 Å². The number of nitrogens with zero attached hydrogens (tertiary/aromatic N) is 2. The molecule has 0 radical (unpaired) electrons. The molecule has 0 bridgehead atoms. The number of amides is 4. The van der Waals surface area contributed by atoms with Crippen molar-refractivity contribution in [3.63, 3.8) is 0 Å². The molecule has 3 aromatic rings. The number of urea groups is 1. The average molecular weight is 575 g/mol. The minimum Gasteiger partial charge on any atom is -0.481 e. The normalized spacial score (nSPS) is 15.4. The monoisotopic (exact) mass is 574 g/mol. The predicted molar refractivity (Wildman–Crippen MR) is 138 cm³/mol. The lowest BCUT2D eigenvalue weighted by molar-refractivity contribution is -0.138. The maximum atomic E-state index is 13.9. The van der Waals surface area contributed by atoms with Crippen molar-refractivity contribution in [1.82, 2.24) is 15.1 Å². The van der Waals surface area contributed by atoms with E-state index in [4.69, 9.17) is 11.6 Å². The molecule has 0 aliphatic carbocycles. The van der Waals surface area contributed by atoms with Gasteiger partial charge in [-0.15, -0.1) is 0 Å². The van der Waals surface area contributed by atoms with Crippen LogP contribution >= 0.6 is 11.6 Å². The largest absolute Gasteiger partial charge is 0.481 e. The Balaban J connectivity index is 1.66. The van der Waals surface area contributed by atoms with Gasteiger partial charge in [-0.3, -0.25) is 19.3 Å². The highest BCUT2D eigenvalue weighted by Crippen LogP contribution is 2.24. The van der Waals surface area contributed by atoms with Crippen LogP contribution in [0.1, 0.15) is 28.4 Å². The number of aliphatic carboxylic acids is 1. The lowest BCUT2D eigenvalue weighted by atomic mass is 10.0. The van der Waals surface area contributed by atoms with E-state index in [0.717, 1.165) is 34.1 Å². The van der Waals surface area contributed by atoms with Crippen LogP contribution in [0.25, 0.3) is 0 Å². The first-order valence-electron chi connectivity index (χ1n) is 11.9. The Morgan fingerprint density at radius 1 is 0.900 bits per heavy atom. The van der Waals surface area contributed by atoms with E-state index in [-0.39, 0.29) is 18.7 Å². The Hall–Kier alpha value is -4.58. The van der Waals surface area contributed by atoms with Crippen LogP contribution in [-0.4, -0.2) is 58.0 Å². The molecule has 2 unspecified atom stereocenters. The van der Waals surface area contributed by atoms with Crippen LogP contribution in [0.15, 0.2) is 66.7 Å². The van der Waals surface area contributed by atoms with E-state index in [1.165, 1.54) is 18.2 Å². The summed E-state index contributed by atoms with van der Waals surface area (Å²) in [5.41, 5.74) is 0.159. The molecule has 1 saturated heterocycles. The number of nitrogens with one attached hydrogen (secondary N) is 2. The second kappa shape index (κ2) is 12.1. The first kappa shape index (κ1) is 28.4. The van der Waals surface area contributed by atoms with Gasteiger partial charge in [0.25, 0.3) is 11.8 Å². The molecule has 40 heavy (non-hydrogen) atoms. The Labute approximate surface area is 231 Å². The number of carbonyl (C=O) groups excluding carboxylic acids is 3. The Kier molecular flexibility index (Phi) is 8.58. The quantitative estimate of drug-likeness (QED) is 0.386. The van der Waals surface area contributed by atoms with E-state index in [1.54, 1.807) is 18.2 Å². The zero-order valence-corrected chi connectivity index (χ0v) is 21.4. The zero-order valence-electron chi connectivity index (χ0n) is 20.6. The highest BCUT2D eigenvalue weighted by atomic mass is 35.5. The summed E-state index contributed by atoms with van der Waals surface area (Å²) in [7, 11) is 0. The number of halogens is 4. The molecule has 0 aromatic heterocycles. The van der Waals surface area contributed by atoms with Crippen molar-refractivity contribution in [2.75, 3.05) is 18.4 Å². The van der Waals surface area contributed by atoms with Crippen LogP contribution < -0.4 is 10.6 Å². The fourth-order valence-electron chi connectivity index (χ4n) is 4.31. The molecule has 208 valence electrons. The van der Waals surface area contributed by atoms with Crippen LogP contribution in [0.2, 0.25) is 5.02 Å². The van der Waals surface area contributed by atoms with Gasteiger partial charge in [0.2, 0.25) is 0 Å². The fourth-order valence-corrected chi connectivity index (χ4v) is 4.50. The van der Waals surface area contributed by atoms with Crippen molar-refractivity contribution in [3.05, 3.63) is 100 Å². The van der Waals surface area contributed by atoms with Crippen molar-refractivity contribution in [1.29, 1.82) is 0 Å². The molecule has 1 aliphatic rings. The third-order valence-corrected chi connectivity index (χ3v) is 6.32. The molecule has 3 aromatic carbocycles. The second-order valence-electron chi connectivity index (χ2n) is 8.87. The highest BCUT2D eigenvalue weighted by molar-refractivity contribution is 6.30. The van der Waals surface area contributed by atoms with E-state index < -0.39 is 65.5 Å². The summed E-state index contributed by atoms with van der Waals surface area (Å²) < 4.78 is 41.2. The minimum absolute atomic E-state index is 0.145. The van der Waals surface area contributed by atoms with Crippen LogP contribution in [0.5, 0.6) is 0 Å². The van der Waals surface area contributed by atoms with Gasteiger partial charge < -0.3 is 20.6 Å². The first-order valence-corrected chi connectivity index (χ1v) is 12.3. The third kappa shape index (κ3) is 6.70. The topological polar surface area (TPSA) is 119 Å². The van der Waals surface area contributed by atoms with E-state index in [2.05, 4.69) is 10.6 Å². The van der Waals surface area contributed by atoms with Gasteiger partial charge in [-0.25, -0.2) is 18.0 Å². The summed E-state index contributed by atoms with van der Waals surface area (Å²) in [6.45, 7) is -0.327. The maximum Gasteiger partial charge on any atom is 0.323 e. The Morgan fingerprint density at radius 2 is 1.55 bits per heavy atom. The fraction of sp³-hybridized carbons (Fsp3) is 0.185. The molecule has 9 nitrogen and oxygen atoms in total. The molecule has 0 spiro atoms. The van der Waals surface area contributed by atoms with Gasteiger partial charge in [0.05, 0.1) is 12.5 Å².